The third-order valence-corrected chi connectivity index (χ3v) is 7.79. The minimum atomic E-state index is -0.320. The third kappa shape index (κ3) is 4.44. The Kier molecular flexibility index (Phi) is 6.29. The molecule has 2 aliphatic carbocycles. The summed E-state index contributed by atoms with van der Waals surface area (Å²) in [5, 5.41) is 9.26. The lowest BCUT2D eigenvalue weighted by Gasteiger charge is -2.30. The van der Waals surface area contributed by atoms with Gasteiger partial charge in [-0.25, -0.2) is 14.3 Å². The lowest BCUT2D eigenvalue weighted by atomic mass is 9.92. The van der Waals surface area contributed by atoms with Crippen molar-refractivity contribution in [1.82, 2.24) is 29.4 Å². The van der Waals surface area contributed by atoms with Crippen molar-refractivity contribution in [3.8, 4) is 0 Å². The number of hydrogen-bond donors (Lipinski definition) is 3. The lowest BCUT2D eigenvalue weighted by molar-refractivity contribution is 0.0296. The second-order valence-corrected chi connectivity index (χ2v) is 10.0. The normalized spacial score (nSPS) is 25.8. The summed E-state index contributed by atoms with van der Waals surface area (Å²) in [6, 6.07) is 1.46. The van der Waals surface area contributed by atoms with Crippen LogP contribution in [0.5, 0.6) is 0 Å². The van der Waals surface area contributed by atoms with Crippen LogP contribution in [0.15, 0.2) is 23.4 Å². The van der Waals surface area contributed by atoms with Gasteiger partial charge in [-0.15, -0.1) is 0 Å². The molecule has 4 bridgehead atoms. The quantitative estimate of drug-likeness (QED) is 0.488. The number of amides is 1. The van der Waals surface area contributed by atoms with Crippen LogP contribution >= 0.6 is 0 Å². The number of fused-ring (bicyclic) bond motifs is 4. The molecule has 0 aromatic carbocycles. The smallest absolute Gasteiger partial charge is 0.328 e. The molecule has 3 aromatic rings. The van der Waals surface area contributed by atoms with Gasteiger partial charge in [0.05, 0.1) is 24.9 Å². The van der Waals surface area contributed by atoms with Gasteiger partial charge in [0.1, 0.15) is 12.0 Å². The van der Waals surface area contributed by atoms with E-state index in [2.05, 4.69) is 30.9 Å². The Morgan fingerprint density at radius 2 is 1.97 bits per heavy atom. The zero-order valence-electron chi connectivity index (χ0n) is 21.1. The van der Waals surface area contributed by atoms with Gasteiger partial charge in [0.15, 0.2) is 17.0 Å². The Balaban J connectivity index is 1.46. The van der Waals surface area contributed by atoms with E-state index >= 15 is 0 Å². The van der Waals surface area contributed by atoms with Crippen molar-refractivity contribution >= 4 is 34.6 Å². The van der Waals surface area contributed by atoms with E-state index < -0.39 is 0 Å². The Labute approximate surface area is 213 Å². The van der Waals surface area contributed by atoms with Crippen LogP contribution < -0.4 is 21.5 Å². The summed E-state index contributed by atoms with van der Waals surface area (Å²) in [5.41, 5.74) is 1.92. The molecule has 6 rings (SSSR count). The highest BCUT2D eigenvalue weighted by molar-refractivity contribution is 5.92. The summed E-state index contributed by atoms with van der Waals surface area (Å²) >= 11 is 0. The van der Waals surface area contributed by atoms with E-state index in [4.69, 9.17) is 9.47 Å². The first-order valence-electron chi connectivity index (χ1n) is 12.9. The van der Waals surface area contributed by atoms with Crippen molar-refractivity contribution in [3.05, 3.63) is 34.5 Å². The number of nitrogens with zero attached hydrogens (tertiary/aromatic N) is 5. The molecular weight excluding hydrogens is 476 g/mol. The Hall–Kier alpha value is -3.51. The molecule has 2 saturated carbocycles. The van der Waals surface area contributed by atoms with Crippen LogP contribution in [0, 0.1) is 0 Å². The largest absolute Gasteiger partial charge is 0.381 e. The molecule has 1 unspecified atom stereocenters. The minimum absolute atomic E-state index is 0.0782. The number of aromatic nitrogens is 5. The molecule has 3 aromatic heterocycles. The SMILES string of the molecule is CNc1nc2nc3c1ncn3C(=O)NC1CCC[C@@H]1OCc1cc(c(=O)n(C3CCC(OC)CC3)c1)N2. The van der Waals surface area contributed by atoms with Gasteiger partial charge in [-0.2, -0.15) is 9.97 Å². The number of nitrogens with one attached hydrogen (secondary N) is 3. The highest BCUT2D eigenvalue weighted by atomic mass is 16.5. The first kappa shape index (κ1) is 23.9. The fraction of sp³-hybridized carbons (Fsp3) is 0.560. The minimum Gasteiger partial charge on any atom is -0.381 e. The van der Waals surface area contributed by atoms with E-state index in [0.717, 1.165) is 50.5 Å². The van der Waals surface area contributed by atoms with E-state index in [1.54, 1.807) is 14.2 Å². The molecule has 1 aliphatic heterocycles. The third-order valence-electron chi connectivity index (χ3n) is 7.79. The van der Waals surface area contributed by atoms with Gasteiger partial charge in [0.25, 0.3) is 5.56 Å². The number of carbonyl (C=O) groups excluding carboxylic acids is 1. The highest BCUT2D eigenvalue weighted by Gasteiger charge is 2.31. The standard InChI is InChI=1S/C25H32N8O4/c1-26-21-20-22-31-24(30-21)28-18-10-14(11-32(23(18)34)15-6-8-16(36-2)9-7-15)12-37-19-5-3-4-17(19)29-25(35)33(22)13-27-20/h10-11,13,15-17,19H,3-9,12H2,1-2H3,(H,29,35)(H2,26,28,30,31)/t15?,16?,17?,19-/m0/s1. The summed E-state index contributed by atoms with van der Waals surface area (Å²) in [6.07, 6.45) is 9.69. The molecule has 12 heteroatoms. The van der Waals surface area contributed by atoms with Gasteiger partial charge in [-0.05, 0) is 56.6 Å². The summed E-state index contributed by atoms with van der Waals surface area (Å²) in [4.78, 5) is 40.3. The van der Waals surface area contributed by atoms with E-state index in [-0.39, 0.29) is 41.8 Å². The Morgan fingerprint density at radius 1 is 1.14 bits per heavy atom. The zero-order valence-corrected chi connectivity index (χ0v) is 21.1. The van der Waals surface area contributed by atoms with E-state index in [9.17, 15) is 9.59 Å². The number of carbonyl (C=O) groups is 1. The second kappa shape index (κ2) is 9.75. The average Bonchev–Trinajstić information content (AvgIpc) is 3.55. The van der Waals surface area contributed by atoms with Crippen LogP contribution in [-0.2, 0) is 16.1 Å². The molecule has 37 heavy (non-hydrogen) atoms. The number of ether oxygens (including phenoxy) is 2. The predicted octanol–water partition coefficient (Wildman–Crippen LogP) is 2.91. The predicted molar refractivity (Wildman–Crippen MR) is 137 cm³/mol. The maximum atomic E-state index is 13.7. The molecule has 196 valence electrons. The Bertz CT molecular complexity index is 1380. The fourth-order valence-electron chi connectivity index (χ4n) is 5.78. The van der Waals surface area contributed by atoms with E-state index in [0.29, 0.717) is 29.3 Å². The van der Waals surface area contributed by atoms with Gasteiger partial charge >= 0.3 is 6.03 Å². The van der Waals surface area contributed by atoms with E-state index in [1.807, 2.05) is 16.8 Å². The number of methoxy groups -OCH3 is 1. The maximum Gasteiger partial charge on any atom is 0.328 e. The van der Waals surface area contributed by atoms with Crippen LogP contribution in [0.2, 0.25) is 0 Å². The number of pyridine rings is 1. The van der Waals surface area contributed by atoms with Gasteiger partial charge in [-0.3, -0.25) is 4.79 Å². The average molecular weight is 509 g/mol. The van der Waals surface area contributed by atoms with Crippen molar-refractivity contribution in [2.45, 2.75) is 75.8 Å². The monoisotopic (exact) mass is 508 g/mol. The first-order valence-corrected chi connectivity index (χ1v) is 12.9. The fourth-order valence-corrected chi connectivity index (χ4v) is 5.78. The first-order chi connectivity index (χ1) is 18.0. The van der Waals surface area contributed by atoms with Crippen molar-refractivity contribution in [3.63, 3.8) is 0 Å². The number of rotatable bonds is 3. The molecule has 1 amide bonds. The zero-order chi connectivity index (χ0) is 25.5. The van der Waals surface area contributed by atoms with E-state index in [1.165, 1.54) is 10.9 Å². The maximum absolute atomic E-state index is 13.7. The van der Waals surface area contributed by atoms with Crippen LogP contribution in [0.3, 0.4) is 0 Å². The Morgan fingerprint density at radius 3 is 2.76 bits per heavy atom. The van der Waals surface area contributed by atoms with Gasteiger partial charge in [0.2, 0.25) is 5.95 Å². The van der Waals surface area contributed by atoms with Crippen molar-refractivity contribution < 1.29 is 14.3 Å². The van der Waals surface area contributed by atoms with Gasteiger partial charge in [0, 0.05) is 26.4 Å². The van der Waals surface area contributed by atoms with Crippen molar-refractivity contribution in [2.75, 3.05) is 24.8 Å². The van der Waals surface area contributed by atoms with Crippen LogP contribution in [0.1, 0.15) is 56.6 Å². The molecule has 0 saturated heterocycles. The van der Waals surface area contributed by atoms with Gasteiger partial charge in [-0.1, -0.05) is 0 Å². The van der Waals surface area contributed by atoms with Crippen molar-refractivity contribution in [2.24, 2.45) is 0 Å². The summed E-state index contributed by atoms with van der Waals surface area (Å²) in [6.45, 7) is 0.331. The molecule has 2 atom stereocenters. The summed E-state index contributed by atoms with van der Waals surface area (Å²) < 4.78 is 15.1. The topological polar surface area (TPSA) is 137 Å². The van der Waals surface area contributed by atoms with Crippen LogP contribution in [0.25, 0.3) is 11.2 Å². The number of anilines is 3. The number of imidazole rings is 1. The highest BCUT2D eigenvalue weighted by Crippen LogP contribution is 2.31. The molecular formula is C25H32N8O4. The molecule has 3 N–H and O–H groups in total. The lowest BCUT2D eigenvalue weighted by Crippen LogP contribution is -2.43. The number of hydrogen-bond acceptors (Lipinski definition) is 9. The van der Waals surface area contributed by atoms with Crippen LogP contribution in [-0.4, -0.2) is 62.5 Å². The van der Waals surface area contributed by atoms with Crippen molar-refractivity contribution in [1.29, 1.82) is 0 Å². The molecule has 12 nitrogen and oxygen atoms in total. The second-order valence-electron chi connectivity index (χ2n) is 10.0. The van der Waals surface area contributed by atoms with Crippen LogP contribution in [0.4, 0.5) is 22.2 Å². The molecule has 0 radical (unpaired) electrons. The molecule has 4 heterocycles. The summed E-state index contributed by atoms with van der Waals surface area (Å²) in [7, 11) is 3.47. The van der Waals surface area contributed by atoms with Gasteiger partial charge < -0.3 is 30.0 Å². The summed E-state index contributed by atoms with van der Waals surface area (Å²) in [5.74, 6) is 0.662. The molecule has 0 spiro atoms. The molecule has 3 aliphatic rings. The molecule has 2 fully saturated rings.